The van der Waals surface area contributed by atoms with Crippen LogP contribution in [0.3, 0.4) is 0 Å². The van der Waals surface area contributed by atoms with Crippen molar-refractivity contribution in [2.24, 2.45) is 10.4 Å². The molecule has 2 atom stereocenters. The van der Waals surface area contributed by atoms with Crippen LogP contribution in [0.5, 0.6) is 0 Å². The molecule has 1 aromatic carbocycles. The minimum atomic E-state index is -0.320. The Kier molecular flexibility index (Phi) is 6.35. The lowest BCUT2D eigenvalue weighted by atomic mass is 9.87. The maximum absolute atomic E-state index is 12.3. The molecule has 0 radical (unpaired) electrons. The predicted octanol–water partition coefficient (Wildman–Crippen LogP) is 2.38. The maximum atomic E-state index is 12.3. The van der Waals surface area contributed by atoms with Crippen molar-refractivity contribution < 1.29 is 14.3 Å². The number of anilines is 1. The fourth-order valence-corrected chi connectivity index (χ4v) is 4.43. The minimum absolute atomic E-state index is 0.0577. The van der Waals surface area contributed by atoms with Crippen LogP contribution in [0.15, 0.2) is 29.3 Å². The van der Waals surface area contributed by atoms with E-state index in [2.05, 4.69) is 22.5 Å². The van der Waals surface area contributed by atoms with Crippen LogP contribution in [0.25, 0.3) is 0 Å². The van der Waals surface area contributed by atoms with E-state index >= 15 is 0 Å². The van der Waals surface area contributed by atoms with Gasteiger partial charge in [-0.25, -0.2) is 4.99 Å². The first-order valence-corrected chi connectivity index (χ1v) is 10.8. The number of carbonyl (C=O) groups excluding carboxylic acids is 1. The summed E-state index contributed by atoms with van der Waals surface area (Å²) in [6.07, 6.45) is 3.74. The normalized spacial score (nSPS) is 27.0. The molecule has 0 bridgehead atoms. The summed E-state index contributed by atoms with van der Waals surface area (Å²) >= 11 is 0. The Morgan fingerprint density at radius 1 is 1.34 bits per heavy atom. The number of likely N-dealkylation sites (tertiary alicyclic amines) is 1. The van der Waals surface area contributed by atoms with E-state index in [1.165, 1.54) is 6.42 Å². The minimum Gasteiger partial charge on any atom is -0.381 e. The van der Waals surface area contributed by atoms with Gasteiger partial charge in [0, 0.05) is 44.0 Å². The first-order valence-electron chi connectivity index (χ1n) is 10.8. The van der Waals surface area contributed by atoms with Crippen molar-refractivity contribution in [1.82, 2.24) is 10.2 Å². The number of nitrogens with one attached hydrogen (secondary N) is 2. The van der Waals surface area contributed by atoms with Crippen LogP contribution >= 0.6 is 0 Å². The quantitative estimate of drug-likeness (QED) is 0.586. The SMILES string of the molecule is CCNC(=NCc1cccc(NC(=O)C2CCCO2)c1)N1CCC2(CCOC2)C1. The monoisotopic (exact) mass is 400 g/mol. The lowest BCUT2D eigenvalue weighted by Crippen LogP contribution is -2.41. The lowest BCUT2D eigenvalue weighted by molar-refractivity contribution is -0.124. The number of amides is 1. The van der Waals surface area contributed by atoms with E-state index in [-0.39, 0.29) is 12.0 Å². The van der Waals surface area contributed by atoms with Gasteiger partial charge in [-0.1, -0.05) is 12.1 Å². The molecular weight excluding hydrogens is 368 g/mol. The smallest absolute Gasteiger partial charge is 0.253 e. The van der Waals surface area contributed by atoms with Gasteiger partial charge in [-0.2, -0.15) is 0 Å². The third kappa shape index (κ3) is 4.90. The number of guanidine groups is 1. The first-order chi connectivity index (χ1) is 14.2. The van der Waals surface area contributed by atoms with E-state index in [4.69, 9.17) is 14.5 Å². The van der Waals surface area contributed by atoms with Crippen LogP contribution in [0, 0.1) is 5.41 Å². The van der Waals surface area contributed by atoms with E-state index in [0.29, 0.717) is 18.6 Å². The predicted molar refractivity (Wildman–Crippen MR) is 113 cm³/mol. The zero-order chi connectivity index (χ0) is 20.1. The number of carbonyl (C=O) groups is 1. The number of rotatable bonds is 5. The molecule has 3 saturated heterocycles. The van der Waals surface area contributed by atoms with Crippen LogP contribution in [-0.2, 0) is 20.8 Å². The number of aliphatic imine (C=N–C) groups is 1. The Morgan fingerprint density at radius 2 is 2.28 bits per heavy atom. The van der Waals surface area contributed by atoms with Crippen LogP contribution in [0.2, 0.25) is 0 Å². The molecule has 29 heavy (non-hydrogen) atoms. The summed E-state index contributed by atoms with van der Waals surface area (Å²) < 4.78 is 11.1. The third-order valence-corrected chi connectivity index (χ3v) is 6.09. The molecule has 3 aliphatic rings. The van der Waals surface area contributed by atoms with Crippen molar-refractivity contribution in [2.45, 2.75) is 45.3 Å². The average Bonchev–Trinajstić information content (AvgIpc) is 3.49. The lowest BCUT2D eigenvalue weighted by Gasteiger charge is -2.25. The van der Waals surface area contributed by atoms with Gasteiger partial charge in [-0.3, -0.25) is 4.79 Å². The van der Waals surface area contributed by atoms with E-state index in [1.807, 2.05) is 24.3 Å². The molecule has 2 N–H and O–H groups in total. The van der Waals surface area contributed by atoms with E-state index in [1.54, 1.807) is 0 Å². The molecule has 0 aromatic heterocycles. The van der Waals surface area contributed by atoms with Gasteiger partial charge in [-0.05, 0) is 50.3 Å². The summed E-state index contributed by atoms with van der Waals surface area (Å²) in [4.78, 5) is 19.5. The van der Waals surface area contributed by atoms with Crippen LogP contribution in [0.4, 0.5) is 5.69 Å². The Bertz CT molecular complexity index is 739. The zero-order valence-electron chi connectivity index (χ0n) is 17.3. The number of benzene rings is 1. The zero-order valence-corrected chi connectivity index (χ0v) is 17.3. The summed E-state index contributed by atoms with van der Waals surface area (Å²) in [6.45, 7) is 7.97. The highest BCUT2D eigenvalue weighted by Gasteiger charge is 2.42. The van der Waals surface area contributed by atoms with Gasteiger partial charge < -0.3 is 25.0 Å². The molecule has 2 unspecified atom stereocenters. The summed E-state index contributed by atoms with van der Waals surface area (Å²) in [5, 5.41) is 6.41. The van der Waals surface area contributed by atoms with Gasteiger partial charge in [0.25, 0.3) is 5.91 Å². The van der Waals surface area contributed by atoms with Crippen molar-refractivity contribution >= 4 is 17.6 Å². The Morgan fingerprint density at radius 3 is 3.03 bits per heavy atom. The molecule has 0 saturated carbocycles. The van der Waals surface area contributed by atoms with Crippen molar-refractivity contribution in [3.8, 4) is 0 Å². The second-order valence-corrected chi connectivity index (χ2v) is 8.34. The average molecular weight is 401 g/mol. The van der Waals surface area contributed by atoms with Crippen LogP contribution < -0.4 is 10.6 Å². The van der Waals surface area contributed by atoms with Crippen molar-refractivity contribution in [3.63, 3.8) is 0 Å². The van der Waals surface area contributed by atoms with Crippen molar-refractivity contribution in [1.29, 1.82) is 0 Å². The van der Waals surface area contributed by atoms with Gasteiger partial charge in [0.2, 0.25) is 0 Å². The summed E-state index contributed by atoms with van der Waals surface area (Å²) in [5.41, 5.74) is 2.18. The van der Waals surface area contributed by atoms with E-state index in [0.717, 1.165) is 69.3 Å². The molecule has 0 aliphatic carbocycles. The largest absolute Gasteiger partial charge is 0.381 e. The van der Waals surface area contributed by atoms with Gasteiger partial charge in [0.15, 0.2) is 5.96 Å². The van der Waals surface area contributed by atoms with Crippen LogP contribution in [-0.4, -0.2) is 62.3 Å². The Labute approximate surface area is 172 Å². The van der Waals surface area contributed by atoms with Gasteiger partial charge in [-0.15, -0.1) is 0 Å². The van der Waals surface area contributed by atoms with E-state index in [9.17, 15) is 4.79 Å². The molecule has 7 nitrogen and oxygen atoms in total. The van der Waals surface area contributed by atoms with Crippen molar-refractivity contribution in [3.05, 3.63) is 29.8 Å². The highest BCUT2D eigenvalue weighted by Crippen LogP contribution is 2.38. The summed E-state index contributed by atoms with van der Waals surface area (Å²) in [6, 6.07) is 7.92. The van der Waals surface area contributed by atoms with Crippen LogP contribution in [0.1, 0.15) is 38.2 Å². The fraction of sp³-hybridized carbons (Fsp3) is 0.636. The topological polar surface area (TPSA) is 75.2 Å². The highest BCUT2D eigenvalue weighted by molar-refractivity contribution is 5.94. The number of ether oxygens (including phenoxy) is 2. The van der Waals surface area contributed by atoms with Crippen molar-refractivity contribution in [2.75, 3.05) is 44.8 Å². The summed E-state index contributed by atoms with van der Waals surface area (Å²) in [5.74, 6) is 0.905. The third-order valence-electron chi connectivity index (χ3n) is 6.09. The standard InChI is InChI=1S/C22H32N4O3/c1-2-23-21(26-10-8-22(15-26)9-12-28-16-22)24-14-17-5-3-6-18(13-17)25-20(27)19-7-4-11-29-19/h3,5-6,13,19H,2,4,7-12,14-16H2,1H3,(H,23,24)(H,25,27). The second-order valence-electron chi connectivity index (χ2n) is 8.34. The van der Waals surface area contributed by atoms with E-state index < -0.39 is 0 Å². The van der Waals surface area contributed by atoms with Gasteiger partial charge in [0.1, 0.15) is 6.10 Å². The molecule has 1 amide bonds. The summed E-state index contributed by atoms with van der Waals surface area (Å²) in [7, 11) is 0. The molecule has 158 valence electrons. The maximum Gasteiger partial charge on any atom is 0.253 e. The van der Waals surface area contributed by atoms with Gasteiger partial charge in [0.05, 0.1) is 13.2 Å². The Hall–Kier alpha value is -2.12. The molecule has 4 rings (SSSR count). The second kappa shape index (κ2) is 9.13. The molecule has 1 spiro atoms. The van der Waals surface area contributed by atoms with Gasteiger partial charge >= 0.3 is 0 Å². The molecule has 1 aromatic rings. The molecule has 3 aliphatic heterocycles. The first kappa shape index (κ1) is 20.2. The highest BCUT2D eigenvalue weighted by atomic mass is 16.5. The molecule has 3 fully saturated rings. The molecule has 7 heteroatoms. The Balaban J connectivity index is 1.39. The molecule has 3 heterocycles. The number of nitrogens with zero attached hydrogens (tertiary/aromatic N) is 2. The number of hydrogen-bond acceptors (Lipinski definition) is 4. The number of hydrogen-bond donors (Lipinski definition) is 2. The fourth-order valence-electron chi connectivity index (χ4n) is 4.43. The molecular formula is C22H32N4O3.